The molecule has 18 heavy (non-hydrogen) atoms. The Morgan fingerprint density at radius 1 is 1.44 bits per heavy atom. The maximum atomic E-state index is 12.5. The SMILES string of the molecule is Cc1cccc(C(=O)N2CCSC(C)(C)C2)c1N. The largest absolute Gasteiger partial charge is 0.398 e. The summed E-state index contributed by atoms with van der Waals surface area (Å²) in [6.07, 6.45) is 0. The van der Waals surface area contributed by atoms with Crippen LogP contribution in [-0.2, 0) is 0 Å². The lowest BCUT2D eigenvalue weighted by Gasteiger charge is -2.37. The average Bonchev–Trinajstić information content (AvgIpc) is 2.30. The second-order valence-electron chi connectivity index (χ2n) is 5.37. The van der Waals surface area contributed by atoms with Gasteiger partial charge in [-0.3, -0.25) is 4.79 Å². The monoisotopic (exact) mass is 264 g/mol. The van der Waals surface area contributed by atoms with E-state index in [-0.39, 0.29) is 10.7 Å². The number of anilines is 1. The van der Waals surface area contributed by atoms with Crippen molar-refractivity contribution in [3.05, 3.63) is 29.3 Å². The van der Waals surface area contributed by atoms with Crippen LogP contribution in [0, 0.1) is 6.92 Å². The van der Waals surface area contributed by atoms with E-state index in [9.17, 15) is 4.79 Å². The minimum absolute atomic E-state index is 0.0598. The first-order valence-corrected chi connectivity index (χ1v) is 7.17. The Morgan fingerprint density at radius 2 is 2.17 bits per heavy atom. The fourth-order valence-corrected chi connectivity index (χ4v) is 3.34. The lowest BCUT2D eigenvalue weighted by Crippen LogP contribution is -2.46. The minimum Gasteiger partial charge on any atom is -0.398 e. The van der Waals surface area contributed by atoms with Gasteiger partial charge in [0.25, 0.3) is 5.91 Å². The summed E-state index contributed by atoms with van der Waals surface area (Å²) in [4.78, 5) is 14.4. The van der Waals surface area contributed by atoms with Crippen molar-refractivity contribution in [1.82, 2.24) is 4.90 Å². The minimum atomic E-state index is 0.0598. The molecule has 0 radical (unpaired) electrons. The molecular weight excluding hydrogens is 244 g/mol. The fraction of sp³-hybridized carbons (Fsp3) is 0.500. The first-order chi connectivity index (χ1) is 8.41. The molecule has 1 saturated heterocycles. The zero-order valence-electron chi connectivity index (χ0n) is 11.2. The van der Waals surface area contributed by atoms with Gasteiger partial charge in [0, 0.05) is 29.3 Å². The highest BCUT2D eigenvalue weighted by Gasteiger charge is 2.30. The Balaban J connectivity index is 2.23. The first kappa shape index (κ1) is 13.3. The number of nitrogens with two attached hydrogens (primary N) is 1. The molecule has 0 atom stereocenters. The van der Waals surface area contributed by atoms with Crippen molar-refractivity contribution in [1.29, 1.82) is 0 Å². The van der Waals surface area contributed by atoms with Crippen LogP contribution in [0.25, 0.3) is 0 Å². The summed E-state index contributed by atoms with van der Waals surface area (Å²) in [5.41, 5.74) is 8.22. The van der Waals surface area contributed by atoms with Gasteiger partial charge in [-0.15, -0.1) is 0 Å². The third-order valence-corrected chi connectivity index (χ3v) is 4.56. The van der Waals surface area contributed by atoms with Crippen molar-refractivity contribution in [2.24, 2.45) is 0 Å². The number of hydrogen-bond donors (Lipinski definition) is 1. The number of thioether (sulfide) groups is 1. The number of amides is 1. The Labute approximate surface area is 113 Å². The number of carbonyl (C=O) groups is 1. The molecule has 4 heteroatoms. The van der Waals surface area contributed by atoms with Crippen molar-refractivity contribution in [2.75, 3.05) is 24.6 Å². The Hall–Kier alpha value is -1.16. The number of nitrogens with zero attached hydrogens (tertiary/aromatic N) is 1. The van der Waals surface area contributed by atoms with Crippen LogP contribution in [-0.4, -0.2) is 34.4 Å². The highest BCUT2D eigenvalue weighted by atomic mass is 32.2. The van der Waals surface area contributed by atoms with Gasteiger partial charge >= 0.3 is 0 Å². The molecule has 1 fully saturated rings. The van der Waals surface area contributed by atoms with Crippen molar-refractivity contribution in [3.63, 3.8) is 0 Å². The molecule has 1 aliphatic heterocycles. The summed E-state index contributed by atoms with van der Waals surface area (Å²) >= 11 is 1.92. The van der Waals surface area contributed by atoms with Gasteiger partial charge < -0.3 is 10.6 Å². The highest BCUT2D eigenvalue weighted by Crippen LogP contribution is 2.31. The number of hydrogen-bond acceptors (Lipinski definition) is 3. The Kier molecular flexibility index (Phi) is 3.57. The maximum absolute atomic E-state index is 12.5. The topological polar surface area (TPSA) is 46.3 Å². The van der Waals surface area contributed by atoms with Crippen molar-refractivity contribution >= 4 is 23.4 Å². The summed E-state index contributed by atoms with van der Waals surface area (Å²) in [5, 5.41) is 0. The smallest absolute Gasteiger partial charge is 0.256 e. The molecule has 1 aromatic carbocycles. The predicted octanol–water partition coefficient (Wildman–Crippen LogP) is 2.54. The van der Waals surface area contributed by atoms with Gasteiger partial charge in [-0.2, -0.15) is 11.8 Å². The molecule has 3 nitrogen and oxygen atoms in total. The Bertz CT molecular complexity index is 471. The van der Waals surface area contributed by atoms with Crippen LogP contribution in [0.3, 0.4) is 0 Å². The van der Waals surface area contributed by atoms with Gasteiger partial charge in [0.1, 0.15) is 0 Å². The van der Waals surface area contributed by atoms with Crippen LogP contribution in [0.1, 0.15) is 29.8 Å². The summed E-state index contributed by atoms with van der Waals surface area (Å²) in [6.45, 7) is 7.87. The van der Waals surface area contributed by atoms with Crippen molar-refractivity contribution < 1.29 is 4.79 Å². The normalized spacial score (nSPS) is 18.7. The van der Waals surface area contributed by atoms with Crippen LogP contribution >= 0.6 is 11.8 Å². The zero-order chi connectivity index (χ0) is 13.3. The Morgan fingerprint density at radius 3 is 2.83 bits per heavy atom. The van der Waals surface area contributed by atoms with E-state index in [4.69, 9.17) is 5.73 Å². The highest BCUT2D eigenvalue weighted by molar-refractivity contribution is 8.00. The fourth-order valence-electron chi connectivity index (χ4n) is 2.23. The molecular formula is C14H20N2OS. The average molecular weight is 264 g/mol. The third kappa shape index (κ3) is 2.64. The van der Waals surface area contributed by atoms with Gasteiger partial charge in [-0.05, 0) is 32.4 Å². The zero-order valence-corrected chi connectivity index (χ0v) is 12.0. The summed E-state index contributed by atoms with van der Waals surface area (Å²) in [5.74, 6) is 1.05. The number of carbonyl (C=O) groups excluding carboxylic acids is 1. The van der Waals surface area contributed by atoms with E-state index < -0.39 is 0 Å². The van der Waals surface area contributed by atoms with E-state index >= 15 is 0 Å². The van der Waals surface area contributed by atoms with Crippen LogP contribution in [0.5, 0.6) is 0 Å². The second-order valence-corrected chi connectivity index (χ2v) is 7.17. The van der Waals surface area contributed by atoms with Gasteiger partial charge in [0.2, 0.25) is 0 Å². The van der Waals surface area contributed by atoms with Crippen LogP contribution in [0.2, 0.25) is 0 Å². The number of nitrogen functional groups attached to an aromatic ring is 1. The number of benzene rings is 1. The predicted molar refractivity (Wildman–Crippen MR) is 78.0 cm³/mol. The van der Waals surface area contributed by atoms with E-state index in [2.05, 4.69) is 13.8 Å². The van der Waals surface area contributed by atoms with E-state index in [1.807, 2.05) is 41.8 Å². The molecule has 98 valence electrons. The lowest BCUT2D eigenvalue weighted by atomic mass is 10.1. The molecule has 0 bridgehead atoms. The number of rotatable bonds is 1. The van der Waals surface area contributed by atoms with Crippen molar-refractivity contribution in [3.8, 4) is 0 Å². The molecule has 0 aromatic heterocycles. The molecule has 1 amide bonds. The van der Waals surface area contributed by atoms with Crippen LogP contribution in [0.15, 0.2) is 18.2 Å². The molecule has 0 aliphatic carbocycles. The molecule has 2 rings (SSSR count). The maximum Gasteiger partial charge on any atom is 0.256 e. The quantitative estimate of drug-likeness (QED) is 0.793. The standard InChI is InChI=1S/C14H20N2OS/c1-10-5-4-6-11(12(10)15)13(17)16-7-8-18-14(2,3)9-16/h4-6H,7-9,15H2,1-3H3. The molecule has 0 spiro atoms. The molecule has 1 heterocycles. The van der Waals surface area contributed by atoms with E-state index in [0.29, 0.717) is 11.3 Å². The van der Waals surface area contributed by atoms with Crippen molar-refractivity contribution in [2.45, 2.75) is 25.5 Å². The van der Waals surface area contributed by atoms with Gasteiger partial charge in [0.05, 0.1) is 5.56 Å². The van der Waals surface area contributed by atoms with Gasteiger partial charge in [-0.1, -0.05) is 12.1 Å². The van der Waals surface area contributed by atoms with Gasteiger partial charge in [0.15, 0.2) is 0 Å². The second kappa shape index (κ2) is 4.84. The van der Waals surface area contributed by atoms with Crippen LogP contribution < -0.4 is 5.73 Å². The van der Waals surface area contributed by atoms with Crippen LogP contribution in [0.4, 0.5) is 5.69 Å². The number of para-hydroxylation sites is 1. The van der Waals surface area contributed by atoms with E-state index in [1.165, 1.54) is 0 Å². The lowest BCUT2D eigenvalue weighted by molar-refractivity contribution is 0.0749. The first-order valence-electron chi connectivity index (χ1n) is 6.19. The molecule has 1 aliphatic rings. The number of aryl methyl sites for hydroxylation is 1. The van der Waals surface area contributed by atoms with Gasteiger partial charge in [-0.25, -0.2) is 0 Å². The van der Waals surface area contributed by atoms with E-state index in [1.54, 1.807) is 0 Å². The molecule has 0 unspecified atom stereocenters. The summed E-state index contributed by atoms with van der Waals surface area (Å²) < 4.78 is 0.131. The molecule has 0 saturated carbocycles. The summed E-state index contributed by atoms with van der Waals surface area (Å²) in [6, 6.07) is 5.64. The molecule has 1 aromatic rings. The van der Waals surface area contributed by atoms with E-state index in [0.717, 1.165) is 24.4 Å². The third-order valence-electron chi connectivity index (χ3n) is 3.27. The summed E-state index contributed by atoms with van der Waals surface area (Å²) in [7, 11) is 0. The molecule has 2 N–H and O–H groups in total.